The highest BCUT2D eigenvalue weighted by Crippen LogP contribution is 2.30. The number of pyridine rings is 1. The number of aromatic amines is 1. The monoisotopic (exact) mass is 364 g/mol. The molecule has 1 aliphatic rings. The van der Waals surface area contributed by atoms with Gasteiger partial charge in [-0.05, 0) is 59.9 Å². The van der Waals surface area contributed by atoms with Gasteiger partial charge in [0.25, 0.3) is 5.91 Å². The summed E-state index contributed by atoms with van der Waals surface area (Å²) in [6, 6.07) is 13.3. The Balaban J connectivity index is 1.66. The number of carbonyl (C=O) groups is 1. The number of hydrogen-bond acceptors (Lipinski definition) is 3. The summed E-state index contributed by atoms with van der Waals surface area (Å²) in [5.74, 6) is -0.197. The van der Waals surface area contributed by atoms with E-state index in [1.54, 1.807) is 17.4 Å². The fourth-order valence-corrected chi connectivity index (χ4v) is 4.28. The predicted octanol–water partition coefficient (Wildman–Crippen LogP) is 3.83. The second-order valence-corrected chi connectivity index (χ2v) is 7.58. The largest absolute Gasteiger partial charge is 0.340 e. The predicted molar refractivity (Wildman–Crippen MR) is 104 cm³/mol. The molecular weight excluding hydrogens is 344 g/mol. The van der Waals surface area contributed by atoms with E-state index in [1.807, 2.05) is 17.5 Å². The lowest BCUT2D eigenvalue weighted by atomic mass is 9.89. The summed E-state index contributed by atoms with van der Waals surface area (Å²) in [5.41, 5.74) is 4.16. The lowest BCUT2D eigenvalue weighted by Gasteiger charge is -2.22. The third-order valence-electron chi connectivity index (χ3n) is 4.86. The molecule has 0 bridgehead atoms. The number of amides is 1. The van der Waals surface area contributed by atoms with Gasteiger partial charge in [-0.25, -0.2) is 0 Å². The molecule has 1 aliphatic carbocycles. The molecule has 5 heteroatoms. The zero-order chi connectivity index (χ0) is 17.9. The molecule has 3 aromatic rings. The second kappa shape index (κ2) is 7.30. The molecule has 0 saturated carbocycles. The standard InChI is InChI=1S/C21H20N2O2S/c24-19-10-9-17(13-22-19)21(25)23-20(18-6-3-11-26-18)16-8-7-14-4-1-2-5-15(14)12-16/h3,6-13,20H,1-2,4-5H2,(H,22,24)(H,23,25). The van der Waals surface area contributed by atoms with Gasteiger partial charge in [-0.1, -0.05) is 24.3 Å². The Morgan fingerprint density at radius 2 is 1.92 bits per heavy atom. The van der Waals surface area contributed by atoms with Gasteiger partial charge in [-0.2, -0.15) is 0 Å². The van der Waals surface area contributed by atoms with Crippen molar-refractivity contribution in [3.05, 3.63) is 91.5 Å². The number of hydrogen-bond donors (Lipinski definition) is 2. The third kappa shape index (κ3) is 3.48. The maximum atomic E-state index is 12.7. The van der Waals surface area contributed by atoms with Crippen molar-refractivity contribution < 1.29 is 4.79 Å². The van der Waals surface area contributed by atoms with Crippen molar-refractivity contribution in [2.24, 2.45) is 0 Å². The highest BCUT2D eigenvalue weighted by Gasteiger charge is 2.20. The van der Waals surface area contributed by atoms with Crippen LogP contribution in [0.1, 0.15) is 50.8 Å². The minimum atomic E-state index is -0.217. The number of rotatable bonds is 4. The summed E-state index contributed by atoms with van der Waals surface area (Å²) in [6.45, 7) is 0. The first-order chi connectivity index (χ1) is 12.7. The Hall–Kier alpha value is -2.66. The Labute approximate surface area is 155 Å². The maximum absolute atomic E-state index is 12.7. The molecule has 2 aromatic heterocycles. The zero-order valence-electron chi connectivity index (χ0n) is 14.3. The van der Waals surface area contributed by atoms with Crippen molar-refractivity contribution in [3.63, 3.8) is 0 Å². The first-order valence-electron chi connectivity index (χ1n) is 8.85. The van der Waals surface area contributed by atoms with Crippen molar-refractivity contribution in [2.75, 3.05) is 0 Å². The molecule has 0 radical (unpaired) electrons. The van der Waals surface area contributed by atoms with Crippen LogP contribution < -0.4 is 10.9 Å². The summed E-state index contributed by atoms with van der Waals surface area (Å²) in [6.07, 6.45) is 6.18. The Kier molecular flexibility index (Phi) is 4.71. The summed E-state index contributed by atoms with van der Waals surface area (Å²) < 4.78 is 0. The van der Waals surface area contributed by atoms with E-state index in [2.05, 4.69) is 28.5 Å². The summed E-state index contributed by atoms with van der Waals surface area (Å²) in [7, 11) is 0. The molecule has 0 aliphatic heterocycles. The van der Waals surface area contributed by atoms with Crippen LogP contribution in [0.3, 0.4) is 0 Å². The van der Waals surface area contributed by atoms with Crippen molar-refractivity contribution in [3.8, 4) is 0 Å². The summed E-state index contributed by atoms with van der Waals surface area (Å²) in [4.78, 5) is 27.6. The number of benzene rings is 1. The van der Waals surface area contributed by atoms with E-state index < -0.39 is 0 Å². The highest BCUT2D eigenvalue weighted by atomic mass is 32.1. The van der Waals surface area contributed by atoms with E-state index in [-0.39, 0.29) is 17.5 Å². The van der Waals surface area contributed by atoms with E-state index in [1.165, 1.54) is 36.2 Å². The highest BCUT2D eigenvalue weighted by molar-refractivity contribution is 7.10. The second-order valence-electron chi connectivity index (χ2n) is 6.60. The van der Waals surface area contributed by atoms with Crippen molar-refractivity contribution in [1.29, 1.82) is 0 Å². The molecule has 1 amide bonds. The maximum Gasteiger partial charge on any atom is 0.253 e. The average Bonchev–Trinajstić information content (AvgIpc) is 3.20. The van der Waals surface area contributed by atoms with Crippen molar-refractivity contribution in [2.45, 2.75) is 31.7 Å². The Morgan fingerprint density at radius 3 is 2.65 bits per heavy atom. The van der Waals surface area contributed by atoms with Gasteiger partial charge in [0.1, 0.15) is 0 Å². The molecule has 2 heterocycles. The Morgan fingerprint density at radius 1 is 1.08 bits per heavy atom. The molecule has 2 N–H and O–H groups in total. The minimum Gasteiger partial charge on any atom is -0.340 e. The first-order valence-corrected chi connectivity index (χ1v) is 9.73. The van der Waals surface area contributed by atoms with Crippen LogP contribution in [0.4, 0.5) is 0 Å². The zero-order valence-corrected chi connectivity index (χ0v) is 15.1. The number of carbonyl (C=O) groups excluding carboxylic acids is 1. The van der Waals surface area contributed by atoms with E-state index in [4.69, 9.17) is 0 Å². The molecule has 132 valence electrons. The van der Waals surface area contributed by atoms with Gasteiger partial charge in [0, 0.05) is 17.1 Å². The molecule has 1 atom stereocenters. The van der Waals surface area contributed by atoms with E-state index in [0.717, 1.165) is 23.3 Å². The fourth-order valence-electron chi connectivity index (χ4n) is 3.47. The van der Waals surface area contributed by atoms with Gasteiger partial charge >= 0.3 is 0 Å². The summed E-state index contributed by atoms with van der Waals surface area (Å²) in [5, 5.41) is 5.15. The molecule has 1 aromatic carbocycles. The van der Waals surface area contributed by atoms with Crippen molar-refractivity contribution >= 4 is 17.2 Å². The molecule has 1 unspecified atom stereocenters. The number of aryl methyl sites for hydroxylation is 2. The molecule has 4 rings (SSSR count). The lowest BCUT2D eigenvalue weighted by Crippen LogP contribution is -2.29. The minimum absolute atomic E-state index is 0.193. The van der Waals surface area contributed by atoms with E-state index >= 15 is 0 Å². The first kappa shape index (κ1) is 16.8. The van der Waals surface area contributed by atoms with Gasteiger partial charge in [0.15, 0.2) is 0 Å². The normalized spacial score (nSPS) is 14.5. The number of H-pyrrole nitrogens is 1. The third-order valence-corrected chi connectivity index (χ3v) is 5.79. The van der Waals surface area contributed by atoms with Gasteiger partial charge in [-0.15, -0.1) is 11.3 Å². The molecule has 26 heavy (non-hydrogen) atoms. The van der Waals surface area contributed by atoms with Gasteiger partial charge in [0.2, 0.25) is 5.56 Å². The van der Waals surface area contributed by atoms with Crippen molar-refractivity contribution in [1.82, 2.24) is 10.3 Å². The molecule has 0 fully saturated rings. The molecular formula is C21H20N2O2S. The van der Waals surface area contributed by atoms with Crippen LogP contribution in [-0.2, 0) is 12.8 Å². The average molecular weight is 364 g/mol. The van der Waals surface area contributed by atoms with E-state index in [9.17, 15) is 9.59 Å². The van der Waals surface area contributed by atoms with Crippen LogP contribution in [0.5, 0.6) is 0 Å². The number of fused-ring (bicyclic) bond motifs is 1. The van der Waals surface area contributed by atoms with Gasteiger partial charge < -0.3 is 10.3 Å². The van der Waals surface area contributed by atoms with Crippen LogP contribution in [-0.4, -0.2) is 10.9 Å². The van der Waals surface area contributed by atoms with E-state index in [0.29, 0.717) is 5.56 Å². The Bertz CT molecular complexity index is 955. The van der Waals surface area contributed by atoms with Crippen LogP contribution in [0, 0.1) is 0 Å². The quantitative estimate of drug-likeness (QED) is 0.739. The molecule has 0 spiro atoms. The smallest absolute Gasteiger partial charge is 0.253 e. The van der Waals surface area contributed by atoms with Crippen LogP contribution in [0.2, 0.25) is 0 Å². The van der Waals surface area contributed by atoms with Crippen LogP contribution in [0.25, 0.3) is 0 Å². The summed E-state index contributed by atoms with van der Waals surface area (Å²) >= 11 is 1.63. The van der Waals surface area contributed by atoms with Crippen LogP contribution >= 0.6 is 11.3 Å². The number of nitrogens with one attached hydrogen (secondary N) is 2. The molecule has 4 nitrogen and oxygen atoms in total. The number of aromatic nitrogens is 1. The van der Waals surface area contributed by atoms with Gasteiger partial charge in [0.05, 0.1) is 11.6 Å². The van der Waals surface area contributed by atoms with Gasteiger partial charge in [-0.3, -0.25) is 9.59 Å². The SMILES string of the molecule is O=C(NC(c1ccc2c(c1)CCCC2)c1cccs1)c1ccc(=O)[nH]c1. The fraction of sp³-hybridized carbons (Fsp3) is 0.238. The topological polar surface area (TPSA) is 62.0 Å². The lowest BCUT2D eigenvalue weighted by molar-refractivity contribution is 0.0943. The number of thiophene rings is 1. The molecule has 0 saturated heterocycles. The van der Waals surface area contributed by atoms with Crippen LogP contribution in [0.15, 0.2) is 58.8 Å².